The van der Waals surface area contributed by atoms with Crippen molar-refractivity contribution in [3.63, 3.8) is 0 Å². The van der Waals surface area contributed by atoms with Crippen molar-refractivity contribution in [2.45, 2.75) is 13.0 Å². The van der Waals surface area contributed by atoms with Gasteiger partial charge in [-0.3, -0.25) is 4.79 Å². The number of amides is 1. The van der Waals surface area contributed by atoms with E-state index in [4.69, 9.17) is 19.3 Å². The molecule has 1 heterocycles. The van der Waals surface area contributed by atoms with Crippen LogP contribution < -0.4 is 14.8 Å². The minimum Gasteiger partial charge on any atom is -0.496 e. The highest BCUT2D eigenvalue weighted by Crippen LogP contribution is 2.24. The summed E-state index contributed by atoms with van der Waals surface area (Å²) in [6, 6.07) is 15.6. The summed E-state index contributed by atoms with van der Waals surface area (Å²) >= 11 is 0. The van der Waals surface area contributed by atoms with Crippen molar-refractivity contribution in [1.82, 2.24) is 4.98 Å². The fourth-order valence-electron chi connectivity index (χ4n) is 3.19. The van der Waals surface area contributed by atoms with E-state index in [1.165, 1.54) is 18.3 Å². The maximum absolute atomic E-state index is 12.9. The van der Waals surface area contributed by atoms with Gasteiger partial charge in [0.05, 0.1) is 19.3 Å². The number of hydrogen-bond acceptors (Lipinski definition) is 6. The molecule has 0 radical (unpaired) electrons. The minimum atomic E-state index is -1.09. The monoisotopic (exact) mass is 462 g/mol. The highest BCUT2D eigenvalue weighted by atomic mass is 16.5. The average Bonchev–Trinajstić information content (AvgIpc) is 2.83. The van der Waals surface area contributed by atoms with Crippen LogP contribution in [0.4, 0.5) is 5.82 Å². The van der Waals surface area contributed by atoms with Crippen LogP contribution in [0.1, 0.15) is 38.8 Å². The molecule has 1 amide bonds. The molecule has 0 spiro atoms. The lowest BCUT2D eigenvalue weighted by Crippen LogP contribution is -2.19. The number of carbonyl (C=O) groups excluding carboxylic acids is 1. The van der Waals surface area contributed by atoms with E-state index in [-0.39, 0.29) is 17.5 Å². The van der Waals surface area contributed by atoms with E-state index in [1.54, 1.807) is 26.4 Å². The van der Waals surface area contributed by atoms with E-state index in [9.17, 15) is 9.59 Å². The van der Waals surface area contributed by atoms with Gasteiger partial charge >= 0.3 is 5.97 Å². The Balaban J connectivity index is 1.89. The highest BCUT2D eigenvalue weighted by molar-refractivity contribution is 6.04. The molecule has 0 aliphatic heterocycles. The third-order valence-electron chi connectivity index (χ3n) is 4.78. The molecule has 1 aromatic heterocycles. The SMILES string of the molecule is COC[C@H](C)Oc1cc(/C=C/c2ccccc2OC)cc(C(=O)Nc2ccc(C(=O)O)cn2)c1. The molecule has 8 heteroatoms. The van der Waals surface area contributed by atoms with Crippen LogP contribution in [-0.2, 0) is 4.74 Å². The van der Waals surface area contributed by atoms with E-state index >= 15 is 0 Å². The molecule has 3 rings (SSSR count). The summed E-state index contributed by atoms with van der Waals surface area (Å²) in [6.07, 6.45) is 4.72. The maximum Gasteiger partial charge on any atom is 0.337 e. The van der Waals surface area contributed by atoms with Crippen molar-refractivity contribution in [3.05, 3.63) is 83.0 Å². The van der Waals surface area contributed by atoms with Crippen LogP contribution in [0.3, 0.4) is 0 Å². The van der Waals surface area contributed by atoms with Crippen molar-refractivity contribution in [2.24, 2.45) is 0 Å². The normalized spacial score (nSPS) is 11.7. The molecule has 0 saturated carbocycles. The molecule has 0 unspecified atom stereocenters. The van der Waals surface area contributed by atoms with Crippen molar-refractivity contribution >= 4 is 29.8 Å². The van der Waals surface area contributed by atoms with Crippen molar-refractivity contribution in [2.75, 3.05) is 26.1 Å². The van der Waals surface area contributed by atoms with Gasteiger partial charge in [-0.05, 0) is 48.9 Å². The Kier molecular flexibility index (Phi) is 8.37. The summed E-state index contributed by atoms with van der Waals surface area (Å²) in [5.74, 6) is -0.0285. The predicted molar refractivity (Wildman–Crippen MR) is 129 cm³/mol. The fraction of sp³-hybridized carbons (Fsp3) is 0.192. The predicted octanol–water partition coefficient (Wildman–Crippen LogP) is 4.62. The Hall–Kier alpha value is -4.17. The minimum absolute atomic E-state index is 0.0318. The summed E-state index contributed by atoms with van der Waals surface area (Å²) in [6.45, 7) is 2.26. The van der Waals surface area contributed by atoms with Gasteiger partial charge in [0.2, 0.25) is 0 Å². The van der Waals surface area contributed by atoms with Gasteiger partial charge in [0.15, 0.2) is 0 Å². The van der Waals surface area contributed by atoms with Gasteiger partial charge in [-0.1, -0.05) is 30.4 Å². The number of hydrogen-bond donors (Lipinski definition) is 2. The first-order valence-electron chi connectivity index (χ1n) is 10.5. The van der Waals surface area contributed by atoms with Gasteiger partial charge in [-0.2, -0.15) is 0 Å². The lowest BCUT2D eigenvalue weighted by Gasteiger charge is -2.15. The fourth-order valence-corrected chi connectivity index (χ4v) is 3.19. The van der Waals surface area contributed by atoms with E-state index in [0.717, 1.165) is 16.9 Å². The number of pyridine rings is 1. The summed E-state index contributed by atoms with van der Waals surface area (Å²) in [4.78, 5) is 27.9. The topological polar surface area (TPSA) is 107 Å². The van der Waals surface area contributed by atoms with Gasteiger partial charge in [0.1, 0.15) is 23.4 Å². The molecule has 2 aromatic carbocycles. The number of anilines is 1. The molecular weight excluding hydrogens is 436 g/mol. The molecule has 3 aromatic rings. The smallest absolute Gasteiger partial charge is 0.337 e. The van der Waals surface area contributed by atoms with Gasteiger partial charge in [-0.25, -0.2) is 9.78 Å². The van der Waals surface area contributed by atoms with Crippen LogP contribution in [-0.4, -0.2) is 48.9 Å². The first kappa shape index (κ1) is 24.5. The third kappa shape index (κ3) is 6.66. The van der Waals surface area contributed by atoms with E-state index in [1.807, 2.05) is 49.4 Å². The second kappa shape index (κ2) is 11.6. The number of aromatic carboxylic acids is 1. The van der Waals surface area contributed by atoms with Gasteiger partial charge < -0.3 is 24.6 Å². The summed E-state index contributed by atoms with van der Waals surface area (Å²) in [5, 5.41) is 11.7. The lowest BCUT2D eigenvalue weighted by atomic mass is 10.1. The molecule has 0 aliphatic carbocycles. The quantitative estimate of drug-likeness (QED) is 0.423. The first-order valence-corrected chi connectivity index (χ1v) is 10.5. The molecular formula is C26H26N2O6. The lowest BCUT2D eigenvalue weighted by molar-refractivity contribution is 0.0696. The Morgan fingerprint density at radius 2 is 1.85 bits per heavy atom. The molecule has 2 N–H and O–H groups in total. The van der Waals surface area contributed by atoms with Crippen molar-refractivity contribution in [3.8, 4) is 11.5 Å². The maximum atomic E-state index is 12.9. The highest BCUT2D eigenvalue weighted by Gasteiger charge is 2.13. The van der Waals surface area contributed by atoms with Crippen molar-refractivity contribution < 1.29 is 28.9 Å². The Bertz CT molecular complexity index is 1170. The largest absolute Gasteiger partial charge is 0.496 e. The molecule has 8 nitrogen and oxygen atoms in total. The second-order valence-electron chi connectivity index (χ2n) is 7.44. The van der Waals surface area contributed by atoms with E-state index in [0.29, 0.717) is 17.9 Å². The zero-order valence-corrected chi connectivity index (χ0v) is 19.1. The summed E-state index contributed by atoms with van der Waals surface area (Å²) in [7, 11) is 3.20. The summed E-state index contributed by atoms with van der Waals surface area (Å²) in [5.41, 5.74) is 2.01. The number of rotatable bonds is 10. The third-order valence-corrected chi connectivity index (χ3v) is 4.78. The number of nitrogens with zero attached hydrogens (tertiary/aromatic N) is 1. The number of para-hydroxylation sites is 1. The molecule has 34 heavy (non-hydrogen) atoms. The number of aromatic nitrogens is 1. The molecule has 0 saturated heterocycles. The van der Waals surface area contributed by atoms with Gasteiger partial charge in [0, 0.05) is 24.4 Å². The van der Waals surface area contributed by atoms with Crippen LogP contribution in [0.5, 0.6) is 11.5 Å². The van der Waals surface area contributed by atoms with E-state index < -0.39 is 11.9 Å². The average molecular weight is 463 g/mol. The second-order valence-corrected chi connectivity index (χ2v) is 7.44. The number of methoxy groups -OCH3 is 2. The summed E-state index contributed by atoms with van der Waals surface area (Å²) < 4.78 is 16.5. The Morgan fingerprint density at radius 3 is 2.53 bits per heavy atom. The van der Waals surface area contributed by atoms with Crippen molar-refractivity contribution in [1.29, 1.82) is 0 Å². The zero-order chi connectivity index (χ0) is 24.5. The first-order chi connectivity index (χ1) is 16.4. The standard InChI is InChI=1S/C26H26N2O6/c1-17(16-32-2)34-22-13-18(8-9-19-6-4-5-7-23(19)33-3)12-21(14-22)25(29)28-24-11-10-20(15-27-24)26(30)31/h4-15,17H,16H2,1-3H3,(H,30,31)(H,27,28,29)/b9-8+/t17-/m0/s1. The van der Waals surface area contributed by atoms with E-state index in [2.05, 4.69) is 10.3 Å². The number of benzene rings is 2. The molecule has 0 bridgehead atoms. The number of carbonyl (C=O) groups is 2. The number of ether oxygens (including phenoxy) is 3. The van der Waals surface area contributed by atoms with Crippen LogP contribution in [0, 0.1) is 0 Å². The van der Waals surface area contributed by atoms with Crippen LogP contribution in [0.2, 0.25) is 0 Å². The number of nitrogens with one attached hydrogen (secondary N) is 1. The van der Waals surface area contributed by atoms with Crippen LogP contribution in [0.25, 0.3) is 12.2 Å². The zero-order valence-electron chi connectivity index (χ0n) is 19.1. The van der Waals surface area contributed by atoms with Gasteiger partial charge in [0.25, 0.3) is 5.91 Å². The number of carboxylic acids is 1. The number of carboxylic acid groups (broad SMARTS) is 1. The molecule has 176 valence electrons. The Morgan fingerprint density at radius 1 is 1.06 bits per heavy atom. The van der Waals surface area contributed by atoms with Gasteiger partial charge in [-0.15, -0.1) is 0 Å². The molecule has 1 atom stereocenters. The van der Waals surface area contributed by atoms with Crippen LogP contribution in [0.15, 0.2) is 60.8 Å². The molecule has 0 fully saturated rings. The Labute approximate surface area is 197 Å². The molecule has 0 aliphatic rings. The van der Waals surface area contributed by atoms with Crippen LogP contribution >= 0.6 is 0 Å².